The van der Waals surface area contributed by atoms with Crippen LogP contribution >= 0.6 is 0 Å². The Hall–Kier alpha value is -1.64. The average Bonchev–Trinajstić information content (AvgIpc) is 2.32. The van der Waals surface area contributed by atoms with Gasteiger partial charge in [0, 0.05) is 11.8 Å². The number of phenolic OH excluding ortho intramolecular Hbond substituents is 1. The lowest BCUT2D eigenvalue weighted by Crippen LogP contribution is -1.89. The summed E-state index contributed by atoms with van der Waals surface area (Å²) in [7, 11) is 0. The first-order chi connectivity index (χ1) is 5.27. The Morgan fingerprint density at radius 2 is 2.18 bits per heavy atom. The normalized spacial score (nSPS) is 13.6. The number of amides is 1. The third-order valence-electron chi connectivity index (χ3n) is 1.59. The molecule has 0 saturated heterocycles. The average molecular weight is 147 g/mol. The zero-order chi connectivity index (χ0) is 7.84. The van der Waals surface area contributed by atoms with Crippen molar-refractivity contribution in [2.75, 3.05) is 0 Å². The summed E-state index contributed by atoms with van der Waals surface area (Å²) < 4.78 is 0. The Labute approximate surface area is 63.0 Å². The maximum atomic E-state index is 10.9. The maximum Gasteiger partial charge on any atom is 0.277 e. The summed E-state index contributed by atoms with van der Waals surface area (Å²) in [5.74, 6) is -0.0788. The van der Waals surface area contributed by atoms with Gasteiger partial charge < -0.3 is 5.11 Å². The van der Waals surface area contributed by atoms with E-state index in [-0.39, 0.29) is 11.7 Å². The number of aliphatic imine (C=N–C) groups is 1. The smallest absolute Gasteiger partial charge is 0.277 e. The van der Waals surface area contributed by atoms with E-state index < -0.39 is 0 Å². The van der Waals surface area contributed by atoms with E-state index in [1.165, 1.54) is 18.3 Å². The van der Waals surface area contributed by atoms with Crippen molar-refractivity contribution in [2.24, 2.45) is 4.99 Å². The van der Waals surface area contributed by atoms with E-state index in [4.69, 9.17) is 5.11 Å². The van der Waals surface area contributed by atoms with E-state index in [9.17, 15) is 4.79 Å². The summed E-state index contributed by atoms with van der Waals surface area (Å²) in [4.78, 5) is 14.5. The molecule has 3 heteroatoms. The van der Waals surface area contributed by atoms with Gasteiger partial charge in [-0.1, -0.05) is 0 Å². The first kappa shape index (κ1) is 6.09. The largest absolute Gasteiger partial charge is 0.508 e. The van der Waals surface area contributed by atoms with Crippen LogP contribution in [0, 0.1) is 0 Å². The number of carbonyl (C=O) groups excluding carboxylic acids is 1. The maximum absolute atomic E-state index is 10.9. The lowest BCUT2D eigenvalue weighted by Gasteiger charge is -1.94. The van der Waals surface area contributed by atoms with Crippen LogP contribution in [0.2, 0.25) is 0 Å². The summed E-state index contributed by atoms with van der Waals surface area (Å²) in [6, 6.07) is 4.56. The number of phenols is 1. The molecule has 0 fully saturated rings. The number of hydrogen-bond donors (Lipinski definition) is 1. The molecule has 1 aliphatic rings. The van der Waals surface area contributed by atoms with Crippen molar-refractivity contribution < 1.29 is 9.90 Å². The topological polar surface area (TPSA) is 49.7 Å². The summed E-state index contributed by atoms with van der Waals surface area (Å²) in [5.41, 5.74) is 1.25. The quantitative estimate of drug-likeness (QED) is 0.594. The summed E-state index contributed by atoms with van der Waals surface area (Å²) in [6.07, 6.45) is 1.46. The van der Waals surface area contributed by atoms with Gasteiger partial charge in [0.2, 0.25) is 0 Å². The molecule has 1 N–H and O–H groups in total. The second kappa shape index (κ2) is 1.92. The van der Waals surface area contributed by atoms with Crippen LogP contribution < -0.4 is 0 Å². The molecular formula is C8H5NO2. The molecule has 0 spiro atoms. The van der Waals surface area contributed by atoms with Gasteiger partial charge in [0.05, 0.1) is 5.56 Å². The minimum Gasteiger partial charge on any atom is -0.508 e. The summed E-state index contributed by atoms with van der Waals surface area (Å²) in [6.45, 7) is 0. The number of rotatable bonds is 0. The van der Waals surface area contributed by atoms with E-state index in [2.05, 4.69) is 4.99 Å². The zero-order valence-corrected chi connectivity index (χ0v) is 5.61. The number of benzene rings is 1. The van der Waals surface area contributed by atoms with Crippen LogP contribution in [0.25, 0.3) is 0 Å². The molecule has 1 aromatic rings. The molecule has 0 bridgehead atoms. The second-order valence-corrected chi connectivity index (χ2v) is 2.33. The Kier molecular flexibility index (Phi) is 1.06. The molecular weight excluding hydrogens is 142 g/mol. The fourth-order valence-electron chi connectivity index (χ4n) is 1.05. The summed E-state index contributed by atoms with van der Waals surface area (Å²) >= 11 is 0. The summed E-state index contributed by atoms with van der Waals surface area (Å²) in [5, 5.41) is 9.01. The zero-order valence-electron chi connectivity index (χ0n) is 5.61. The van der Waals surface area contributed by atoms with Crippen LogP contribution in [-0.4, -0.2) is 17.2 Å². The van der Waals surface area contributed by atoms with Crippen molar-refractivity contribution in [2.45, 2.75) is 0 Å². The predicted octanol–water partition coefficient (Wildman–Crippen LogP) is 0.965. The molecule has 1 aliphatic heterocycles. The molecule has 1 amide bonds. The van der Waals surface area contributed by atoms with Crippen LogP contribution in [-0.2, 0) is 0 Å². The Balaban J connectivity index is 2.66. The van der Waals surface area contributed by atoms with Gasteiger partial charge in [-0.3, -0.25) is 4.79 Å². The first-order valence-corrected chi connectivity index (χ1v) is 3.19. The van der Waals surface area contributed by atoms with Crippen LogP contribution in [0.15, 0.2) is 23.2 Å². The Bertz CT molecular complexity index is 355. The SMILES string of the molecule is O=C1N=Cc2cc(O)ccc21. The molecule has 1 aromatic carbocycles. The number of fused-ring (bicyclic) bond motifs is 1. The third-order valence-corrected chi connectivity index (χ3v) is 1.59. The van der Waals surface area contributed by atoms with Crippen LogP contribution in [0.5, 0.6) is 5.75 Å². The monoisotopic (exact) mass is 147 g/mol. The molecule has 11 heavy (non-hydrogen) atoms. The van der Waals surface area contributed by atoms with E-state index in [1.807, 2.05) is 0 Å². The van der Waals surface area contributed by atoms with E-state index in [0.717, 1.165) is 0 Å². The van der Waals surface area contributed by atoms with Gasteiger partial charge in [0.1, 0.15) is 5.75 Å². The second-order valence-electron chi connectivity index (χ2n) is 2.33. The van der Waals surface area contributed by atoms with Crippen molar-refractivity contribution in [3.05, 3.63) is 29.3 Å². The molecule has 0 saturated carbocycles. The number of aromatic hydroxyl groups is 1. The van der Waals surface area contributed by atoms with Gasteiger partial charge in [-0.15, -0.1) is 0 Å². The molecule has 54 valence electrons. The standard InChI is InChI=1S/C8H5NO2/c10-6-1-2-7-5(3-6)4-9-8(7)11/h1-4,10H. The first-order valence-electron chi connectivity index (χ1n) is 3.19. The minimum absolute atomic E-state index is 0.157. The lowest BCUT2D eigenvalue weighted by atomic mass is 10.1. The molecule has 0 atom stereocenters. The molecule has 1 heterocycles. The van der Waals surface area contributed by atoms with Crippen molar-refractivity contribution in [3.8, 4) is 5.75 Å². The molecule has 0 unspecified atom stereocenters. The van der Waals surface area contributed by atoms with Crippen molar-refractivity contribution in [1.29, 1.82) is 0 Å². The van der Waals surface area contributed by atoms with Gasteiger partial charge in [-0.2, -0.15) is 0 Å². The van der Waals surface area contributed by atoms with Crippen molar-refractivity contribution >= 4 is 12.1 Å². The van der Waals surface area contributed by atoms with Crippen LogP contribution in [0.4, 0.5) is 0 Å². The molecule has 3 nitrogen and oxygen atoms in total. The van der Waals surface area contributed by atoms with E-state index in [0.29, 0.717) is 11.1 Å². The highest BCUT2D eigenvalue weighted by Gasteiger charge is 2.14. The molecule has 0 aliphatic carbocycles. The predicted molar refractivity (Wildman–Crippen MR) is 40.0 cm³/mol. The highest BCUT2D eigenvalue weighted by atomic mass is 16.3. The fourth-order valence-corrected chi connectivity index (χ4v) is 1.05. The van der Waals surface area contributed by atoms with Gasteiger partial charge in [0.15, 0.2) is 0 Å². The highest BCUT2D eigenvalue weighted by molar-refractivity contribution is 6.12. The van der Waals surface area contributed by atoms with E-state index in [1.54, 1.807) is 6.07 Å². The van der Waals surface area contributed by atoms with Gasteiger partial charge in [0.25, 0.3) is 5.91 Å². The molecule has 2 rings (SSSR count). The number of carbonyl (C=O) groups is 1. The van der Waals surface area contributed by atoms with Crippen molar-refractivity contribution in [3.63, 3.8) is 0 Å². The van der Waals surface area contributed by atoms with Crippen LogP contribution in [0.3, 0.4) is 0 Å². The van der Waals surface area contributed by atoms with Gasteiger partial charge >= 0.3 is 0 Å². The molecule has 0 aromatic heterocycles. The Morgan fingerprint density at radius 3 is 3.00 bits per heavy atom. The lowest BCUT2D eigenvalue weighted by molar-refractivity contribution is 0.101. The highest BCUT2D eigenvalue weighted by Crippen LogP contribution is 2.19. The third kappa shape index (κ3) is 0.816. The van der Waals surface area contributed by atoms with Gasteiger partial charge in [-0.05, 0) is 18.2 Å². The van der Waals surface area contributed by atoms with Crippen molar-refractivity contribution in [1.82, 2.24) is 0 Å². The Morgan fingerprint density at radius 1 is 1.36 bits per heavy atom. The fraction of sp³-hybridized carbons (Fsp3) is 0. The minimum atomic E-state index is -0.236. The number of nitrogens with zero attached hydrogens (tertiary/aromatic N) is 1. The molecule has 0 radical (unpaired) electrons. The van der Waals surface area contributed by atoms with Gasteiger partial charge in [-0.25, -0.2) is 4.99 Å². The number of hydrogen-bond acceptors (Lipinski definition) is 2. The van der Waals surface area contributed by atoms with Crippen LogP contribution in [0.1, 0.15) is 15.9 Å². The van der Waals surface area contributed by atoms with E-state index >= 15 is 0 Å².